The average molecular weight is 214 g/mol. The lowest BCUT2D eigenvalue weighted by molar-refractivity contribution is 0.828. The lowest BCUT2D eigenvalue weighted by atomic mass is 10.1. The molecule has 0 spiro atoms. The van der Waals surface area contributed by atoms with E-state index in [0.29, 0.717) is 24.2 Å². The molecule has 0 aromatic heterocycles. The summed E-state index contributed by atoms with van der Waals surface area (Å²) >= 11 is 0. The quantitative estimate of drug-likeness (QED) is 0.776. The highest BCUT2D eigenvalue weighted by Crippen LogP contribution is 2.24. The van der Waals surface area contributed by atoms with Crippen molar-refractivity contribution in [3.8, 4) is 12.1 Å². The van der Waals surface area contributed by atoms with Crippen LogP contribution in [0.5, 0.6) is 0 Å². The van der Waals surface area contributed by atoms with Crippen LogP contribution < -0.4 is 10.6 Å². The van der Waals surface area contributed by atoms with E-state index in [-0.39, 0.29) is 0 Å². The Labute approximate surface area is 95.5 Å². The zero-order valence-corrected chi connectivity index (χ0v) is 9.27. The van der Waals surface area contributed by atoms with Gasteiger partial charge in [0, 0.05) is 13.1 Å². The molecule has 0 aliphatic rings. The summed E-state index contributed by atoms with van der Waals surface area (Å²) in [4.78, 5) is 2.03. The molecule has 1 rings (SSSR count). The standard InChI is InChI=1S/C12H14N4/c1-2-16(7-3-6-13)12-5-4-10(9-14)8-11(12)15/h4-5,8H,2-3,7,15H2,1H3. The third kappa shape index (κ3) is 2.65. The highest BCUT2D eigenvalue weighted by molar-refractivity contribution is 5.69. The van der Waals surface area contributed by atoms with E-state index in [1.807, 2.05) is 24.0 Å². The molecule has 16 heavy (non-hydrogen) atoms. The fourth-order valence-electron chi connectivity index (χ4n) is 1.55. The molecule has 0 amide bonds. The number of nitriles is 2. The third-order valence-corrected chi connectivity index (χ3v) is 2.37. The molecule has 2 N–H and O–H groups in total. The summed E-state index contributed by atoms with van der Waals surface area (Å²) < 4.78 is 0. The molecule has 0 aliphatic carbocycles. The van der Waals surface area contributed by atoms with Gasteiger partial charge in [-0.2, -0.15) is 10.5 Å². The van der Waals surface area contributed by atoms with E-state index in [1.165, 1.54) is 0 Å². The first-order valence-electron chi connectivity index (χ1n) is 5.14. The fraction of sp³-hybridized carbons (Fsp3) is 0.333. The van der Waals surface area contributed by atoms with Gasteiger partial charge in [-0.05, 0) is 25.1 Å². The molecule has 4 nitrogen and oxygen atoms in total. The Hall–Kier alpha value is -2.20. The van der Waals surface area contributed by atoms with Gasteiger partial charge in [-0.1, -0.05) is 0 Å². The molecule has 0 bridgehead atoms. The van der Waals surface area contributed by atoms with Crippen molar-refractivity contribution < 1.29 is 0 Å². The Bertz CT molecular complexity index is 439. The number of hydrogen-bond acceptors (Lipinski definition) is 4. The van der Waals surface area contributed by atoms with E-state index in [2.05, 4.69) is 6.07 Å². The van der Waals surface area contributed by atoms with Crippen LogP contribution in [0.2, 0.25) is 0 Å². The van der Waals surface area contributed by atoms with Gasteiger partial charge in [-0.15, -0.1) is 0 Å². The molecule has 0 saturated carbocycles. The maximum Gasteiger partial charge on any atom is 0.0992 e. The predicted octanol–water partition coefficient (Wildman–Crippen LogP) is 1.88. The minimum Gasteiger partial charge on any atom is -0.397 e. The molecule has 82 valence electrons. The average Bonchev–Trinajstić information content (AvgIpc) is 2.31. The smallest absolute Gasteiger partial charge is 0.0992 e. The van der Waals surface area contributed by atoms with Crippen molar-refractivity contribution in [3.05, 3.63) is 23.8 Å². The van der Waals surface area contributed by atoms with Crippen LogP contribution in [0.15, 0.2) is 18.2 Å². The largest absolute Gasteiger partial charge is 0.397 e. The van der Waals surface area contributed by atoms with Crippen LogP contribution in [0, 0.1) is 22.7 Å². The van der Waals surface area contributed by atoms with Gasteiger partial charge in [0.15, 0.2) is 0 Å². The van der Waals surface area contributed by atoms with Crippen LogP contribution in [0.3, 0.4) is 0 Å². The molecule has 0 heterocycles. The van der Waals surface area contributed by atoms with Crippen LogP contribution in [0.1, 0.15) is 18.9 Å². The number of nitrogens with two attached hydrogens (primary N) is 1. The SMILES string of the molecule is CCN(CCC#N)c1ccc(C#N)cc1N. The molecule has 1 aromatic rings. The van der Waals surface area contributed by atoms with Crippen molar-refractivity contribution in [2.24, 2.45) is 0 Å². The summed E-state index contributed by atoms with van der Waals surface area (Å²) in [5.41, 5.74) is 7.89. The van der Waals surface area contributed by atoms with Gasteiger partial charge < -0.3 is 10.6 Å². The Morgan fingerprint density at radius 1 is 1.38 bits per heavy atom. The highest BCUT2D eigenvalue weighted by atomic mass is 15.1. The number of nitrogens with zero attached hydrogens (tertiary/aromatic N) is 3. The van der Waals surface area contributed by atoms with E-state index in [1.54, 1.807) is 12.1 Å². The van der Waals surface area contributed by atoms with E-state index in [9.17, 15) is 0 Å². The summed E-state index contributed by atoms with van der Waals surface area (Å²) in [5, 5.41) is 17.3. The summed E-state index contributed by atoms with van der Waals surface area (Å²) in [6.45, 7) is 3.45. The van der Waals surface area contributed by atoms with Crippen LogP contribution >= 0.6 is 0 Å². The van der Waals surface area contributed by atoms with Crippen LogP contribution in [-0.2, 0) is 0 Å². The van der Waals surface area contributed by atoms with E-state index >= 15 is 0 Å². The number of rotatable bonds is 4. The second kappa shape index (κ2) is 5.63. The first-order chi connectivity index (χ1) is 7.72. The van der Waals surface area contributed by atoms with E-state index < -0.39 is 0 Å². The fourth-order valence-corrected chi connectivity index (χ4v) is 1.55. The maximum absolute atomic E-state index is 8.73. The van der Waals surface area contributed by atoms with Gasteiger partial charge in [0.25, 0.3) is 0 Å². The summed E-state index contributed by atoms with van der Waals surface area (Å²) in [5.74, 6) is 0. The first kappa shape index (κ1) is 11.9. The molecule has 0 saturated heterocycles. The molecule has 4 heteroatoms. The van der Waals surface area contributed by atoms with Crippen molar-refractivity contribution in [1.82, 2.24) is 0 Å². The zero-order chi connectivity index (χ0) is 12.0. The molecule has 0 unspecified atom stereocenters. The topological polar surface area (TPSA) is 76.8 Å². The number of nitrogen functional groups attached to an aromatic ring is 1. The number of hydrogen-bond donors (Lipinski definition) is 1. The highest BCUT2D eigenvalue weighted by Gasteiger charge is 2.08. The van der Waals surface area contributed by atoms with Crippen molar-refractivity contribution >= 4 is 11.4 Å². The summed E-state index contributed by atoms with van der Waals surface area (Å²) in [7, 11) is 0. The molecular formula is C12H14N4. The summed E-state index contributed by atoms with van der Waals surface area (Å²) in [6.07, 6.45) is 0.466. The minimum absolute atomic E-state index is 0.466. The monoisotopic (exact) mass is 214 g/mol. The van der Waals surface area contributed by atoms with Crippen molar-refractivity contribution in [2.75, 3.05) is 23.7 Å². The molecule has 0 radical (unpaired) electrons. The van der Waals surface area contributed by atoms with Crippen molar-refractivity contribution in [3.63, 3.8) is 0 Å². The first-order valence-corrected chi connectivity index (χ1v) is 5.14. The van der Waals surface area contributed by atoms with Crippen LogP contribution in [0.4, 0.5) is 11.4 Å². The Kier molecular flexibility index (Phi) is 4.17. The second-order valence-electron chi connectivity index (χ2n) is 3.37. The predicted molar refractivity (Wildman–Crippen MR) is 63.7 cm³/mol. The number of benzene rings is 1. The van der Waals surface area contributed by atoms with Gasteiger partial charge in [0.2, 0.25) is 0 Å². The van der Waals surface area contributed by atoms with Crippen molar-refractivity contribution in [1.29, 1.82) is 10.5 Å². The molecule has 1 aromatic carbocycles. The molecule has 0 atom stereocenters. The van der Waals surface area contributed by atoms with Gasteiger partial charge >= 0.3 is 0 Å². The van der Waals surface area contributed by atoms with Gasteiger partial charge in [0.1, 0.15) is 0 Å². The Morgan fingerprint density at radius 2 is 2.12 bits per heavy atom. The zero-order valence-electron chi connectivity index (χ0n) is 9.27. The number of anilines is 2. The normalized spacial score (nSPS) is 9.19. The molecule has 0 fully saturated rings. The van der Waals surface area contributed by atoms with Crippen molar-refractivity contribution in [2.45, 2.75) is 13.3 Å². The van der Waals surface area contributed by atoms with Crippen LogP contribution in [0.25, 0.3) is 0 Å². The third-order valence-electron chi connectivity index (χ3n) is 2.37. The lowest BCUT2D eigenvalue weighted by Crippen LogP contribution is -2.24. The minimum atomic E-state index is 0.466. The summed E-state index contributed by atoms with van der Waals surface area (Å²) in [6, 6.07) is 9.38. The second-order valence-corrected chi connectivity index (χ2v) is 3.37. The molecule has 0 aliphatic heterocycles. The lowest BCUT2D eigenvalue weighted by Gasteiger charge is -2.23. The van der Waals surface area contributed by atoms with E-state index in [0.717, 1.165) is 12.2 Å². The van der Waals surface area contributed by atoms with Gasteiger partial charge in [-0.3, -0.25) is 0 Å². The van der Waals surface area contributed by atoms with Gasteiger partial charge in [0.05, 0.1) is 35.5 Å². The van der Waals surface area contributed by atoms with Gasteiger partial charge in [-0.25, -0.2) is 0 Å². The maximum atomic E-state index is 8.73. The Morgan fingerprint density at radius 3 is 2.62 bits per heavy atom. The van der Waals surface area contributed by atoms with E-state index in [4.69, 9.17) is 16.3 Å². The van der Waals surface area contributed by atoms with Crippen LogP contribution in [-0.4, -0.2) is 13.1 Å². The molecular weight excluding hydrogens is 200 g/mol. The Balaban J connectivity index is 2.94.